The largest absolute Gasteiger partial charge is 0.480 e. The molecule has 206 valence electrons. The zero-order chi connectivity index (χ0) is 28.2. The summed E-state index contributed by atoms with van der Waals surface area (Å²) in [4.78, 5) is 41.0. The van der Waals surface area contributed by atoms with Gasteiger partial charge >= 0.3 is 6.09 Å². The van der Waals surface area contributed by atoms with Gasteiger partial charge in [-0.2, -0.15) is 0 Å². The number of Topliss-reactive ketones (excluding diaryl/α,β-unsaturated/α-hetero) is 2. The van der Waals surface area contributed by atoms with Gasteiger partial charge < -0.3 is 14.4 Å². The van der Waals surface area contributed by atoms with E-state index < -0.39 is 5.60 Å². The molecule has 1 heterocycles. The highest BCUT2D eigenvalue weighted by Crippen LogP contribution is 2.34. The van der Waals surface area contributed by atoms with Crippen LogP contribution in [-0.2, 0) is 16.0 Å². The fraction of sp³-hybridized carbons (Fsp3) is 0.516. The lowest BCUT2D eigenvalue weighted by Crippen LogP contribution is -2.36. The normalized spacial score (nSPS) is 17.6. The molecule has 38 heavy (non-hydrogen) atoms. The quantitative estimate of drug-likeness (QED) is 0.248. The van der Waals surface area contributed by atoms with Gasteiger partial charge in [0.25, 0.3) is 0 Å². The van der Waals surface area contributed by atoms with Gasteiger partial charge in [-0.25, -0.2) is 4.79 Å². The Hall–Kier alpha value is -2.80. The number of rotatable bonds is 10. The van der Waals surface area contributed by atoms with Crippen molar-refractivity contribution in [1.29, 1.82) is 0 Å². The number of thioether (sulfide) groups is 1. The van der Waals surface area contributed by atoms with Gasteiger partial charge in [-0.1, -0.05) is 24.3 Å². The highest BCUT2D eigenvalue weighted by molar-refractivity contribution is 7.98. The third-order valence-electron chi connectivity index (χ3n) is 7.28. The molecule has 6 nitrogen and oxygen atoms in total. The Morgan fingerprint density at radius 1 is 1.05 bits per heavy atom. The van der Waals surface area contributed by atoms with Crippen molar-refractivity contribution >= 4 is 29.4 Å². The van der Waals surface area contributed by atoms with Crippen molar-refractivity contribution in [3.8, 4) is 5.75 Å². The molecule has 2 atom stereocenters. The summed E-state index contributed by atoms with van der Waals surface area (Å²) < 4.78 is 11.5. The molecule has 0 unspecified atom stereocenters. The zero-order valence-electron chi connectivity index (χ0n) is 23.9. The van der Waals surface area contributed by atoms with E-state index in [0.29, 0.717) is 18.7 Å². The molecular formula is C31H41NO5S. The van der Waals surface area contributed by atoms with E-state index >= 15 is 0 Å². The van der Waals surface area contributed by atoms with Crippen molar-refractivity contribution in [2.45, 2.75) is 77.9 Å². The second kappa shape index (κ2) is 12.4. The maximum atomic E-state index is 13.6. The van der Waals surface area contributed by atoms with Crippen molar-refractivity contribution in [3.05, 3.63) is 58.7 Å². The van der Waals surface area contributed by atoms with Gasteiger partial charge in [-0.15, -0.1) is 11.8 Å². The lowest BCUT2D eigenvalue weighted by molar-refractivity contribution is -0.129. The number of amides is 1. The summed E-state index contributed by atoms with van der Waals surface area (Å²) in [5, 5.41) is 0. The van der Waals surface area contributed by atoms with Crippen LogP contribution in [0.15, 0.2) is 41.3 Å². The number of ether oxygens (including phenoxy) is 2. The number of benzene rings is 2. The summed E-state index contributed by atoms with van der Waals surface area (Å²) in [5.41, 5.74) is 2.88. The van der Waals surface area contributed by atoms with Crippen molar-refractivity contribution in [3.63, 3.8) is 0 Å². The smallest absolute Gasteiger partial charge is 0.410 e. The number of aryl methyl sites for hydroxylation is 3. The maximum Gasteiger partial charge on any atom is 0.410 e. The van der Waals surface area contributed by atoms with Gasteiger partial charge in [0.1, 0.15) is 5.75 Å². The molecular weight excluding hydrogens is 498 g/mol. The van der Waals surface area contributed by atoms with E-state index in [-0.39, 0.29) is 35.6 Å². The molecule has 0 saturated carbocycles. The third kappa shape index (κ3) is 7.19. The standard InChI is InChI=1S/C31H41NO5S/c1-19(2)36-30(35)32-17-25(27(18-32)28(34)24-11-13-26(38-8)14-12-24)10-9-23-15-20(3)29(21(4)16-23)37-31(6,7)22(5)33/h11-16,19,25,27H,9-10,17-18H2,1-8H3/t25-,27-/m1/s1. The molecule has 0 radical (unpaired) electrons. The molecule has 0 N–H and O–H groups in total. The minimum absolute atomic E-state index is 0.0237. The molecule has 1 saturated heterocycles. The van der Waals surface area contributed by atoms with E-state index in [1.165, 1.54) is 6.92 Å². The minimum Gasteiger partial charge on any atom is -0.480 e. The molecule has 1 amide bonds. The van der Waals surface area contributed by atoms with E-state index in [9.17, 15) is 14.4 Å². The van der Waals surface area contributed by atoms with Gasteiger partial charge in [-0.3, -0.25) is 9.59 Å². The Kier molecular flexibility index (Phi) is 9.69. The average molecular weight is 540 g/mol. The maximum absolute atomic E-state index is 13.6. The summed E-state index contributed by atoms with van der Waals surface area (Å²) in [6.07, 6.45) is 2.97. The molecule has 1 aliphatic heterocycles. The third-order valence-corrected chi connectivity index (χ3v) is 8.02. The van der Waals surface area contributed by atoms with Crippen molar-refractivity contribution in [2.75, 3.05) is 19.3 Å². The summed E-state index contributed by atoms with van der Waals surface area (Å²) in [5.74, 6) is 0.525. The Bertz CT molecular complexity index is 1150. The van der Waals surface area contributed by atoms with Crippen LogP contribution in [-0.4, -0.2) is 53.6 Å². The Balaban J connectivity index is 1.79. The van der Waals surface area contributed by atoms with Crippen molar-refractivity contribution < 1.29 is 23.9 Å². The second-order valence-corrected chi connectivity index (χ2v) is 11.9. The van der Waals surface area contributed by atoms with Crippen molar-refractivity contribution in [2.24, 2.45) is 11.8 Å². The summed E-state index contributed by atoms with van der Waals surface area (Å²) in [7, 11) is 0. The SMILES string of the molecule is CSc1ccc(C(=O)[C@@H]2CN(C(=O)OC(C)C)C[C@H]2CCc2cc(C)c(OC(C)(C)C(C)=O)c(C)c2)cc1. The highest BCUT2D eigenvalue weighted by atomic mass is 32.2. The van der Waals surface area contributed by atoms with E-state index in [1.54, 1.807) is 30.5 Å². The number of carbonyl (C=O) groups is 3. The molecule has 0 aromatic heterocycles. The summed E-state index contributed by atoms with van der Waals surface area (Å²) in [6, 6.07) is 11.9. The predicted octanol–water partition coefficient (Wildman–Crippen LogP) is 6.68. The summed E-state index contributed by atoms with van der Waals surface area (Å²) >= 11 is 1.64. The zero-order valence-corrected chi connectivity index (χ0v) is 24.7. The monoisotopic (exact) mass is 539 g/mol. The van der Waals surface area contributed by atoms with E-state index in [4.69, 9.17) is 9.47 Å². The Morgan fingerprint density at radius 2 is 1.66 bits per heavy atom. The molecule has 0 bridgehead atoms. The molecule has 0 spiro atoms. The second-order valence-electron chi connectivity index (χ2n) is 11.1. The van der Waals surface area contributed by atoms with Crippen LogP contribution in [0.1, 0.15) is 68.1 Å². The van der Waals surface area contributed by atoms with Crippen molar-refractivity contribution in [1.82, 2.24) is 4.90 Å². The molecule has 1 aliphatic rings. The fourth-order valence-electron chi connectivity index (χ4n) is 4.88. The molecule has 7 heteroatoms. The highest BCUT2D eigenvalue weighted by Gasteiger charge is 2.40. The Morgan fingerprint density at radius 3 is 2.18 bits per heavy atom. The molecule has 0 aliphatic carbocycles. The minimum atomic E-state index is -0.892. The van der Waals surface area contributed by atoms with Crippen LogP contribution in [0.4, 0.5) is 4.79 Å². The molecule has 2 aromatic rings. The lowest BCUT2D eigenvalue weighted by Gasteiger charge is -2.26. The first kappa shape index (κ1) is 29.8. The number of ketones is 2. The van der Waals surface area contributed by atoms with Crippen LogP contribution in [0.25, 0.3) is 0 Å². The van der Waals surface area contributed by atoms with Crippen LogP contribution >= 0.6 is 11.8 Å². The van der Waals surface area contributed by atoms with Gasteiger partial charge in [0.15, 0.2) is 17.2 Å². The van der Waals surface area contributed by atoms with Crippen LogP contribution in [0, 0.1) is 25.7 Å². The van der Waals surface area contributed by atoms with Crippen LogP contribution in [0.2, 0.25) is 0 Å². The van der Waals surface area contributed by atoms with Crippen LogP contribution in [0.3, 0.4) is 0 Å². The number of nitrogens with zero attached hydrogens (tertiary/aromatic N) is 1. The number of likely N-dealkylation sites (tertiary alicyclic amines) is 1. The van der Waals surface area contributed by atoms with Gasteiger partial charge in [-0.05, 0) is 102 Å². The molecule has 3 rings (SSSR count). The number of carbonyl (C=O) groups excluding carboxylic acids is 3. The first-order chi connectivity index (χ1) is 17.8. The first-order valence-electron chi connectivity index (χ1n) is 13.3. The Labute approximate surface area is 231 Å². The lowest BCUT2D eigenvalue weighted by atomic mass is 9.84. The van der Waals surface area contributed by atoms with Crippen LogP contribution in [0.5, 0.6) is 5.75 Å². The number of hydrogen-bond acceptors (Lipinski definition) is 6. The van der Waals surface area contributed by atoms with E-state index in [2.05, 4.69) is 12.1 Å². The topological polar surface area (TPSA) is 72.9 Å². The van der Waals surface area contributed by atoms with E-state index in [0.717, 1.165) is 40.2 Å². The van der Waals surface area contributed by atoms with Gasteiger partial charge in [0, 0.05) is 29.5 Å². The van der Waals surface area contributed by atoms with Gasteiger partial charge in [0.05, 0.1) is 6.10 Å². The average Bonchev–Trinajstić information content (AvgIpc) is 3.28. The summed E-state index contributed by atoms with van der Waals surface area (Å²) in [6.45, 7) is 13.6. The van der Waals surface area contributed by atoms with Gasteiger partial charge in [0.2, 0.25) is 0 Å². The molecule has 2 aromatic carbocycles. The predicted molar refractivity (Wildman–Crippen MR) is 152 cm³/mol. The first-order valence-corrected chi connectivity index (χ1v) is 14.5. The number of hydrogen-bond donors (Lipinski definition) is 0. The van der Waals surface area contributed by atoms with Crippen LogP contribution < -0.4 is 4.74 Å². The van der Waals surface area contributed by atoms with E-state index in [1.807, 2.05) is 58.2 Å². The molecule has 1 fully saturated rings. The fourth-order valence-corrected chi connectivity index (χ4v) is 5.29.